The minimum absolute atomic E-state index is 0.0188. The van der Waals surface area contributed by atoms with Crippen molar-refractivity contribution >= 4 is 50.2 Å². The maximum absolute atomic E-state index is 5.86. The third-order valence-corrected chi connectivity index (χ3v) is 7.63. The lowest BCUT2D eigenvalue weighted by atomic mass is 9.86. The van der Waals surface area contributed by atoms with E-state index in [1.807, 2.05) is 18.3 Å². The van der Waals surface area contributed by atoms with Gasteiger partial charge in [0.25, 0.3) is 0 Å². The van der Waals surface area contributed by atoms with Gasteiger partial charge >= 0.3 is 0 Å². The number of anilines is 2. The van der Waals surface area contributed by atoms with Crippen LogP contribution in [-0.4, -0.2) is 22.7 Å². The highest BCUT2D eigenvalue weighted by Gasteiger charge is 2.41. The Morgan fingerprint density at radius 3 is 2.52 bits per heavy atom. The Morgan fingerprint density at radius 1 is 1.06 bits per heavy atom. The molecule has 1 aromatic heterocycles. The fourth-order valence-electron chi connectivity index (χ4n) is 4.93. The van der Waals surface area contributed by atoms with Crippen LogP contribution in [0.5, 0.6) is 0 Å². The van der Waals surface area contributed by atoms with Crippen LogP contribution in [-0.2, 0) is 0 Å². The molecule has 0 spiro atoms. The van der Waals surface area contributed by atoms with E-state index in [1.165, 1.54) is 22.4 Å². The van der Waals surface area contributed by atoms with E-state index < -0.39 is 0 Å². The molecule has 0 amide bonds. The summed E-state index contributed by atoms with van der Waals surface area (Å²) in [6.07, 6.45) is 4.19. The SMILES string of the molecule is CC1=CC(C)(C)N(C)c2ccc(C3C(c4ccccn4)NC(=S)N3c3ccc(Br)cc3)cc21. The van der Waals surface area contributed by atoms with Crippen LogP contribution in [0.25, 0.3) is 5.57 Å². The van der Waals surface area contributed by atoms with Crippen molar-refractivity contribution in [1.29, 1.82) is 0 Å². The van der Waals surface area contributed by atoms with Crippen molar-refractivity contribution in [1.82, 2.24) is 10.3 Å². The van der Waals surface area contributed by atoms with E-state index in [9.17, 15) is 0 Å². The summed E-state index contributed by atoms with van der Waals surface area (Å²) in [7, 11) is 2.17. The number of hydrogen-bond donors (Lipinski definition) is 1. The van der Waals surface area contributed by atoms with Crippen molar-refractivity contribution in [3.8, 4) is 0 Å². The number of aromatic nitrogens is 1. The molecule has 1 N–H and O–H groups in total. The first-order valence-electron chi connectivity index (χ1n) is 11.1. The van der Waals surface area contributed by atoms with Gasteiger partial charge in [0.1, 0.15) is 0 Å². The van der Waals surface area contributed by atoms with Gasteiger partial charge in [-0.15, -0.1) is 0 Å². The first-order chi connectivity index (χ1) is 15.8. The van der Waals surface area contributed by atoms with Gasteiger partial charge in [-0.25, -0.2) is 0 Å². The molecule has 6 heteroatoms. The van der Waals surface area contributed by atoms with Gasteiger partial charge in [0.05, 0.1) is 23.3 Å². The van der Waals surface area contributed by atoms with E-state index in [0.717, 1.165) is 15.9 Å². The molecule has 0 saturated carbocycles. The number of halogens is 1. The zero-order valence-electron chi connectivity index (χ0n) is 19.2. The van der Waals surface area contributed by atoms with Crippen molar-refractivity contribution in [2.24, 2.45) is 0 Å². The number of likely N-dealkylation sites (N-methyl/N-ethyl adjacent to an activating group) is 1. The number of nitrogens with zero attached hydrogens (tertiary/aromatic N) is 3. The standard InChI is InChI=1S/C27H27BrN4S/c1-17-16-27(2,3)31(4)23-13-8-18(15-21(17)23)25-24(22-7-5-6-14-29-22)30-26(33)32(25)20-11-9-19(28)10-12-20/h5-16,24-25H,1-4H3,(H,30,33). The van der Waals surface area contributed by atoms with E-state index in [1.54, 1.807) is 0 Å². The second kappa shape index (κ2) is 8.26. The number of nitrogens with one attached hydrogen (secondary N) is 1. The zero-order valence-corrected chi connectivity index (χ0v) is 21.6. The van der Waals surface area contributed by atoms with E-state index in [4.69, 9.17) is 12.2 Å². The molecule has 2 aliphatic heterocycles. The Morgan fingerprint density at radius 2 is 1.82 bits per heavy atom. The minimum atomic E-state index is -0.0533. The van der Waals surface area contributed by atoms with E-state index >= 15 is 0 Å². The number of fused-ring (bicyclic) bond motifs is 1. The first kappa shape index (κ1) is 22.1. The number of benzene rings is 2. The molecule has 0 radical (unpaired) electrons. The van der Waals surface area contributed by atoms with Crippen molar-refractivity contribution in [2.45, 2.75) is 38.4 Å². The molecule has 3 heterocycles. The van der Waals surface area contributed by atoms with Crippen LogP contribution in [0.15, 0.2) is 77.4 Å². The molecule has 2 aliphatic rings. The Bertz CT molecular complexity index is 1240. The van der Waals surface area contributed by atoms with Gasteiger partial charge < -0.3 is 15.1 Å². The third kappa shape index (κ3) is 3.85. The van der Waals surface area contributed by atoms with Crippen LogP contribution in [0.4, 0.5) is 11.4 Å². The summed E-state index contributed by atoms with van der Waals surface area (Å²) in [5.74, 6) is 0. The molecular weight excluding hydrogens is 492 g/mol. The molecule has 4 nitrogen and oxygen atoms in total. The second-order valence-electron chi connectivity index (χ2n) is 9.29. The first-order valence-corrected chi connectivity index (χ1v) is 12.3. The largest absolute Gasteiger partial charge is 0.366 e. The fraction of sp³-hybridized carbons (Fsp3) is 0.259. The van der Waals surface area contributed by atoms with Gasteiger partial charge in [0, 0.05) is 34.7 Å². The average Bonchev–Trinajstić information content (AvgIpc) is 3.15. The Kier molecular flexibility index (Phi) is 5.53. The summed E-state index contributed by atoms with van der Waals surface area (Å²) >= 11 is 9.41. The van der Waals surface area contributed by atoms with Gasteiger partial charge in [-0.2, -0.15) is 0 Å². The number of allylic oxidation sites excluding steroid dienone is 1. The summed E-state index contributed by atoms with van der Waals surface area (Å²) in [6.45, 7) is 6.70. The summed E-state index contributed by atoms with van der Waals surface area (Å²) in [6, 6.07) is 21.1. The van der Waals surface area contributed by atoms with E-state index in [-0.39, 0.29) is 17.6 Å². The highest BCUT2D eigenvalue weighted by atomic mass is 79.9. The van der Waals surface area contributed by atoms with Crippen LogP contribution in [0.3, 0.4) is 0 Å². The van der Waals surface area contributed by atoms with Crippen molar-refractivity contribution in [3.63, 3.8) is 0 Å². The minimum Gasteiger partial charge on any atom is -0.366 e. The van der Waals surface area contributed by atoms with Crippen molar-refractivity contribution in [2.75, 3.05) is 16.8 Å². The summed E-state index contributed by atoms with van der Waals surface area (Å²) < 4.78 is 1.04. The monoisotopic (exact) mass is 518 g/mol. The van der Waals surface area contributed by atoms with Crippen LogP contribution in [0, 0.1) is 0 Å². The van der Waals surface area contributed by atoms with Crippen molar-refractivity contribution < 1.29 is 0 Å². The lowest BCUT2D eigenvalue weighted by molar-refractivity contribution is 0.566. The number of rotatable bonds is 3. The van der Waals surface area contributed by atoms with Gasteiger partial charge in [-0.1, -0.05) is 34.1 Å². The Labute approximate surface area is 209 Å². The predicted molar refractivity (Wildman–Crippen MR) is 145 cm³/mol. The van der Waals surface area contributed by atoms with E-state index in [0.29, 0.717) is 5.11 Å². The van der Waals surface area contributed by atoms with Crippen LogP contribution in [0.2, 0.25) is 0 Å². The molecule has 5 rings (SSSR count). The van der Waals surface area contributed by atoms with E-state index in [2.05, 4.69) is 118 Å². The maximum atomic E-state index is 5.86. The molecule has 2 aromatic carbocycles. The predicted octanol–water partition coefficient (Wildman–Crippen LogP) is 6.65. The molecule has 0 aliphatic carbocycles. The topological polar surface area (TPSA) is 31.4 Å². The van der Waals surface area contributed by atoms with Crippen LogP contribution in [0.1, 0.15) is 49.7 Å². The number of thiocarbonyl (C=S) groups is 1. The van der Waals surface area contributed by atoms with Gasteiger partial charge in [0.2, 0.25) is 0 Å². The maximum Gasteiger partial charge on any atom is 0.174 e. The third-order valence-electron chi connectivity index (χ3n) is 6.79. The molecular formula is C27H27BrN4S. The lowest BCUT2D eigenvalue weighted by Gasteiger charge is -2.41. The highest BCUT2D eigenvalue weighted by Crippen LogP contribution is 2.45. The second-order valence-corrected chi connectivity index (χ2v) is 10.6. The Hall–Kier alpha value is -2.70. The van der Waals surface area contributed by atoms with Crippen LogP contribution < -0.4 is 15.1 Å². The van der Waals surface area contributed by atoms with Crippen LogP contribution >= 0.6 is 28.1 Å². The molecule has 33 heavy (non-hydrogen) atoms. The quantitative estimate of drug-likeness (QED) is 0.392. The summed E-state index contributed by atoms with van der Waals surface area (Å²) in [5, 5.41) is 4.26. The molecule has 1 saturated heterocycles. The van der Waals surface area contributed by atoms with Gasteiger partial charge in [-0.3, -0.25) is 4.98 Å². The highest BCUT2D eigenvalue weighted by molar-refractivity contribution is 9.10. The molecule has 1 fully saturated rings. The van der Waals surface area contributed by atoms with Gasteiger partial charge in [-0.05, 0) is 92.7 Å². The molecule has 2 atom stereocenters. The Balaban J connectivity index is 1.65. The fourth-order valence-corrected chi connectivity index (χ4v) is 5.54. The summed E-state index contributed by atoms with van der Waals surface area (Å²) in [5.41, 5.74) is 7.04. The van der Waals surface area contributed by atoms with Crippen molar-refractivity contribution in [3.05, 3.63) is 94.2 Å². The molecule has 168 valence electrons. The zero-order chi connectivity index (χ0) is 23.3. The number of hydrogen-bond acceptors (Lipinski definition) is 3. The average molecular weight is 520 g/mol. The molecule has 0 bridgehead atoms. The molecule has 2 unspecified atom stereocenters. The number of pyridine rings is 1. The smallest absolute Gasteiger partial charge is 0.174 e. The normalized spacial score (nSPS) is 21.5. The summed E-state index contributed by atoms with van der Waals surface area (Å²) in [4.78, 5) is 9.24. The van der Waals surface area contributed by atoms with Gasteiger partial charge in [0.15, 0.2) is 5.11 Å². The lowest BCUT2D eigenvalue weighted by Crippen LogP contribution is -2.42. The molecule has 3 aromatic rings.